The van der Waals surface area contributed by atoms with Gasteiger partial charge in [-0.1, -0.05) is 18.2 Å². The van der Waals surface area contributed by atoms with Crippen LogP contribution in [0.25, 0.3) is 32.8 Å². The average molecular weight is 235 g/mol. The number of furan rings is 1. The molecule has 1 N–H and O–H groups in total. The molecule has 2 aromatic carbocycles. The molecule has 0 fully saturated rings. The molecule has 0 aliphatic carbocycles. The fourth-order valence-corrected chi connectivity index (χ4v) is 2.44. The highest BCUT2D eigenvalue weighted by atomic mass is 16.3. The predicted molar refractivity (Wildman–Crippen MR) is 71.8 cm³/mol. The third-order valence-corrected chi connectivity index (χ3v) is 3.24. The third-order valence-electron chi connectivity index (χ3n) is 3.24. The lowest BCUT2D eigenvalue weighted by atomic mass is 10.1. The first-order valence-corrected chi connectivity index (χ1v) is 5.76. The summed E-state index contributed by atoms with van der Waals surface area (Å²) in [7, 11) is 0. The van der Waals surface area contributed by atoms with Gasteiger partial charge >= 0.3 is 0 Å². The third kappa shape index (κ3) is 1.16. The van der Waals surface area contributed by atoms with Gasteiger partial charge in [0.05, 0.1) is 10.9 Å². The van der Waals surface area contributed by atoms with Crippen LogP contribution in [0.5, 0.6) is 0 Å². The van der Waals surface area contributed by atoms with Crippen LogP contribution in [0.2, 0.25) is 0 Å². The minimum atomic E-state index is -0.0970. The molecule has 3 heteroatoms. The molecule has 2 aromatic heterocycles. The highest BCUT2D eigenvalue weighted by Crippen LogP contribution is 2.32. The smallest absolute Gasteiger partial charge is 0.248 e. The zero-order valence-electron chi connectivity index (χ0n) is 9.44. The number of para-hydroxylation sites is 1. The molecule has 86 valence electrons. The Morgan fingerprint density at radius 2 is 1.72 bits per heavy atom. The van der Waals surface area contributed by atoms with Crippen molar-refractivity contribution in [1.82, 2.24) is 4.98 Å². The Morgan fingerprint density at radius 3 is 2.67 bits per heavy atom. The number of aromatic amines is 1. The Kier molecular flexibility index (Phi) is 1.70. The van der Waals surface area contributed by atoms with Crippen molar-refractivity contribution in [3.05, 3.63) is 58.9 Å². The lowest BCUT2D eigenvalue weighted by molar-refractivity contribution is 0.669. The molecule has 0 bridgehead atoms. The first-order chi connectivity index (χ1) is 8.83. The van der Waals surface area contributed by atoms with Crippen molar-refractivity contribution < 1.29 is 4.42 Å². The van der Waals surface area contributed by atoms with Gasteiger partial charge in [-0.15, -0.1) is 0 Å². The summed E-state index contributed by atoms with van der Waals surface area (Å²) in [6, 6.07) is 15.1. The van der Waals surface area contributed by atoms with Crippen LogP contribution in [0.15, 0.2) is 57.7 Å². The van der Waals surface area contributed by atoms with Gasteiger partial charge in [0.2, 0.25) is 5.56 Å². The largest absolute Gasteiger partial charge is 0.456 e. The summed E-state index contributed by atoms with van der Waals surface area (Å²) in [5, 5.41) is 3.01. The Labute approximate surface area is 102 Å². The number of pyridine rings is 1. The first kappa shape index (κ1) is 9.48. The Hall–Kier alpha value is -2.55. The molecule has 2 heterocycles. The van der Waals surface area contributed by atoms with Crippen LogP contribution in [0.1, 0.15) is 0 Å². The van der Waals surface area contributed by atoms with Crippen molar-refractivity contribution in [1.29, 1.82) is 0 Å². The predicted octanol–water partition coefficient (Wildman–Crippen LogP) is 3.43. The monoisotopic (exact) mass is 235 g/mol. The van der Waals surface area contributed by atoms with Crippen LogP contribution in [0.4, 0.5) is 0 Å². The van der Waals surface area contributed by atoms with Gasteiger partial charge in [-0.2, -0.15) is 0 Å². The lowest BCUT2D eigenvalue weighted by Crippen LogP contribution is -2.02. The molecular weight excluding hydrogens is 226 g/mol. The number of nitrogens with one attached hydrogen (secondary N) is 1. The molecule has 0 amide bonds. The zero-order chi connectivity index (χ0) is 12.1. The SMILES string of the molecule is O=c1ccc2ccc3oc4ccccc4c3c2[nH]1. The topological polar surface area (TPSA) is 46.0 Å². The number of hydrogen-bond donors (Lipinski definition) is 1. The maximum Gasteiger partial charge on any atom is 0.248 e. The summed E-state index contributed by atoms with van der Waals surface area (Å²) >= 11 is 0. The normalized spacial score (nSPS) is 11.6. The first-order valence-electron chi connectivity index (χ1n) is 5.76. The van der Waals surface area contributed by atoms with Crippen LogP contribution in [0.3, 0.4) is 0 Å². The summed E-state index contributed by atoms with van der Waals surface area (Å²) in [6.45, 7) is 0. The Morgan fingerprint density at radius 1 is 0.889 bits per heavy atom. The summed E-state index contributed by atoms with van der Waals surface area (Å²) in [5.41, 5.74) is 2.38. The van der Waals surface area contributed by atoms with Gasteiger partial charge < -0.3 is 9.40 Å². The average Bonchev–Trinajstić information content (AvgIpc) is 2.77. The van der Waals surface area contributed by atoms with Crippen molar-refractivity contribution in [2.75, 3.05) is 0 Å². The maximum atomic E-state index is 11.5. The van der Waals surface area contributed by atoms with E-state index >= 15 is 0 Å². The molecule has 4 rings (SSSR count). The van der Waals surface area contributed by atoms with Gasteiger partial charge in [0.1, 0.15) is 11.2 Å². The minimum Gasteiger partial charge on any atom is -0.456 e. The number of benzene rings is 2. The molecule has 0 aliphatic rings. The van der Waals surface area contributed by atoms with Crippen molar-refractivity contribution in [2.24, 2.45) is 0 Å². The van der Waals surface area contributed by atoms with Crippen LogP contribution >= 0.6 is 0 Å². The fourth-order valence-electron chi connectivity index (χ4n) is 2.44. The van der Waals surface area contributed by atoms with Gasteiger partial charge in [-0.25, -0.2) is 0 Å². The molecule has 0 aliphatic heterocycles. The summed E-state index contributed by atoms with van der Waals surface area (Å²) in [6.07, 6.45) is 0. The summed E-state index contributed by atoms with van der Waals surface area (Å²) in [5.74, 6) is 0. The molecule has 3 nitrogen and oxygen atoms in total. The second-order valence-corrected chi connectivity index (χ2v) is 4.32. The number of aromatic nitrogens is 1. The highest BCUT2D eigenvalue weighted by molar-refractivity contribution is 6.17. The van der Waals surface area contributed by atoms with E-state index in [0.717, 1.165) is 32.8 Å². The second kappa shape index (κ2) is 3.23. The van der Waals surface area contributed by atoms with E-state index in [2.05, 4.69) is 4.98 Å². The Balaban J connectivity index is 2.39. The van der Waals surface area contributed by atoms with E-state index in [9.17, 15) is 4.79 Å². The van der Waals surface area contributed by atoms with Gasteiger partial charge in [0, 0.05) is 11.5 Å². The molecule has 4 aromatic rings. The molecule has 0 radical (unpaired) electrons. The molecule has 0 spiro atoms. The van der Waals surface area contributed by atoms with Gasteiger partial charge in [-0.05, 0) is 29.7 Å². The van der Waals surface area contributed by atoms with Gasteiger partial charge in [0.15, 0.2) is 0 Å². The van der Waals surface area contributed by atoms with Crippen LogP contribution in [-0.4, -0.2) is 4.98 Å². The quantitative estimate of drug-likeness (QED) is 0.507. The zero-order valence-corrected chi connectivity index (χ0v) is 9.44. The van der Waals surface area contributed by atoms with Crippen LogP contribution in [0, 0.1) is 0 Å². The van der Waals surface area contributed by atoms with Crippen molar-refractivity contribution in [3.63, 3.8) is 0 Å². The van der Waals surface area contributed by atoms with Gasteiger partial charge in [-0.3, -0.25) is 4.79 Å². The van der Waals surface area contributed by atoms with Gasteiger partial charge in [0.25, 0.3) is 0 Å². The molecule has 0 saturated heterocycles. The Bertz CT molecular complexity index is 947. The second-order valence-electron chi connectivity index (χ2n) is 4.32. The van der Waals surface area contributed by atoms with Crippen molar-refractivity contribution in [2.45, 2.75) is 0 Å². The lowest BCUT2D eigenvalue weighted by Gasteiger charge is -1.98. The van der Waals surface area contributed by atoms with Crippen LogP contribution < -0.4 is 5.56 Å². The van der Waals surface area contributed by atoms with E-state index in [4.69, 9.17) is 4.42 Å². The standard InChI is InChI=1S/C15H9NO2/c17-13-8-6-9-5-7-12-14(15(9)16-13)10-3-1-2-4-11(10)18-12/h1-8H,(H,16,17). The molecule has 0 saturated carbocycles. The number of hydrogen-bond acceptors (Lipinski definition) is 2. The van der Waals surface area contributed by atoms with E-state index in [0.29, 0.717) is 0 Å². The number of rotatable bonds is 0. The van der Waals surface area contributed by atoms with Crippen molar-refractivity contribution in [3.8, 4) is 0 Å². The van der Waals surface area contributed by atoms with Crippen molar-refractivity contribution >= 4 is 32.8 Å². The van der Waals surface area contributed by atoms with Crippen LogP contribution in [-0.2, 0) is 0 Å². The van der Waals surface area contributed by atoms with E-state index in [1.54, 1.807) is 0 Å². The molecule has 18 heavy (non-hydrogen) atoms. The van der Waals surface area contributed by atoms with E-state index in [-0.39, 0.29) is 5.56 Å². The molecule has 0 atom stereocenters. The number of fused-ring (bicyclic) bond motifs is 5. The van der Waals surface area contributed by atoms with E-state index in [1.807, 2.05) is 42.5 Å². The van der Waals surface area contributed by atoms with E-state index in [1.165, 1.54) is 6.07 Å². The highest BCUT2D eigenvalue weighted by Gasteiger charge is 2.10. The van der Waals surface area contributed by atoms with E-state index < -0.39 is 0 Å². The number of H-pyrrole nitrogens is 1. The maximum absolute atomic E-state index is 11.5. The summed E-state index contributed by atoms with van der Waals surface area (Å²) < 4.78 is 5.78. The fraction of sp³-hybridized carbons (Fsp3) is 0. The minimum absolute atomic E-state index is 0.0970. The summed E-state index contributed by atoms with van der Waals surface area (Å²) in [4.78, 5) is 14.4. The molecule has 0 unspecified atom stereocenters. The molecular formula is C15H9NO2.